The third kappa shape index (κ3) is 2.42. The summed E-state index contributed by atoms with van der Waals surface area (Å²) in [5.41, 5.74) is 0. The zero-order chi connectivity index (χ0) is 13.3. The normalized spacial score (nSPS) is 13.9. The van der Waals surface area contributed by atoms with Gasteiger partial charge in [-0.25, -0.2) is 13.1 Å². The van der Waals surface area contributed by atoms with E-state index in [2.05, 4.69) is 4.72 Å². The van der Waals surface area contributed by atoms with E-state index < -0.39 is 16.1 Å². The van der Waals surface area contributed by atoms with Crippen LogP contribution in [0.5, 0.6) is 0 Å². The van der Waals surface area contributed by atoms with Crippen LogP contribution in [0, 0.1) is 6.92 Å². The van der Waals surface area contributed by atoms with Crippen LogP contribution in [0.3, 0.4) is 0 Å². The van der Waals surface area contributed by atoms with Gasteiger partial charge in [-0.05, 0) is 19.9 Å². The molecule has 2 N–H and O–H groups in total. The zero-order valence-corrected chi connectivity index (χ0v) is 11.8. The predicted octanol–water partition coefficient (Wildman–Crippen LogP) is 1.87. The van der Waals surface area contributed by atoms with Crippen LogP contribution in [-0.4, -0.2) is 26.2 Å². The molecule has 0 amide bonds. The average Bonchev–Trinajstić information content (AvgIpc) is 2.64. The molecule has 2 aromatic rings. The fourth-order valence-electron chi connectivity index (χ4n) is 1.84. The fourth-order valence-corrected chi connectivity index (χ4v) is 4.89. The minimum absolute atomic E-state index is 0.222. The van der Waals surface area contributed by atoms with Crippen molar-refractivity contribution < 1.29 is 13.5 Å². The number of sulfonamides is 1. The van der Waals surface area contributed by atoms with Crippen molar-refractivity contribution in [2.24, 2.45) is 0 Å². The summed E-state index contributed by atoms with van der Waals surface area (Å²) in [5, 5.41) is 9.69. The van der Waals surface area contributed by atoms with Crippen LogP contribution in [0.15, 0.2) is 29.2 Å². The third-order valence-corrected chi connectivity index (χ3v) is 5.61. The van der Waals surface area contributed by atoms with Gasteiger partial charge < -0.3 is 5.11 Å². The van der Waals surface area contributed by atoms with Gasteiger partial charge in [-0.15, -0.1) is 11.3 Å². The number of fused-ring (bicyclic) bond motifs is 1. The van der Waals surface area contributed by atoms with Gasteiger partial charge in [0, 0.05) is 21.0 Å². The van der Waals surface area contributed by atoms with Crippen molar-refractivity contribution in [1.29, 1.82) is 0 Å². The van der Waals surface area contributed by atoms with Crippen LogP contribution >= 0.6 is 11.3 Å². The second kappa shape index (κ2) is 4.97. The highest BCUT2D eigenvalue weighted by Gasteiger charge is 2.23. The number of rotatable bonds is 4. The Bertz CT molecular complexity index is 661. The topological polar surface area (TPSA) is 66.4 Å². The molecule has 1 aromatic heterocycles. The predicted molar refractivity (Wildman–Crippen MR) is 73.4 cm³/mol. The molecule has 0 aliphatic heterocycles. The number of nitrogens with one attached hydrogen (secondary N) is 1. The molecule has 0 saturated carbocycles. The van der Waals surface area contributed by atoms with E-state index in [0.717, 1.165) is 15.0 Å². The summed E-state index contributed by atoms with van der Waals surface area (Å²) in [5.74, 6) is 0. The number of thiophene rings is 1. The van der Waals surface area contributed by atoms with E-state index in [-0.39, 0.29) is 6.61 Å². The lowest BCUT2D eigenvalue weighted by atomic mass is 10.2. The van der Waals surface area contributed by atoms with Crippen LogP contribution in [0.1, 0.15) is 11.8 Å². The second-order valence-electron chi connectivity index (χ2n) is 4.19. The first kappa shape index (κ1) is 13.5. The zero-order valence-electron chi connectivity index (χ0n) is 10.2. The van der Waals surface area contributed by atoms with Gasteiger partial charge in [-0.2, -0.15) is 0 Å². The van der Waals surface area contributed by atoms with Crippen molar-refractivity contribution in [2.45, 2.75) is 24.8 Å². The summed E-state index contributed by atoms with van der Waals surface area (Å²) in [4.78, 5) is 1.08. The first-order valence-electron chi connectivity index (χ1n) is 5.57. The first-order valence-corrected chi connectivity index (χ1v) is 7.87. The van der Waals surface area contributed by atoms with Gasteiger partial charge in [0.25, 0.3) is 0 Å². The number of hydrogen-bond donors (Lipinski definition) is 2. The van der Waals surface area contributed by atoms with E-state index in [0.29, 0.717) is 4.90 Å². The molecule has 6 heteroatoms. The Morgan fingerprint density at radius 1 is 1.39 bits per heavy atom. The molecule has 18 heavy (non-hydrogen) atoms. The largest absolute Gasteiger partial charge is 0.395 e. The lowest BCUT2D eigenvalue weighted by Crippen LogP contribution is -2.35. The summed E-state index contributed by atoms with van der Waals surface area (Å²) in [6.07, 6.45) is 0. The van der Waals surface area contributed by atoms with Crippen molar-refractivity contribution in [3.05, 3.63) is 29.1 Å². The van der Waals surface area contributed by atoms with E-state index >= 15 is 0 Å². The Morgan fingerprint density at radius 3 is 2.72 bits per heavy atom. The number of aryl methyl sites for hydroxylation is 1. The summed E-state index contributed by atoms with van der Waals surface area (Å²) >= 11 is 1.46. The lowest BCUT2D eigenvalue weighted by molar-refractivity contribution is 0.265. The molecule has 0 unspecified atom stereocenters. The van der Waals surface area contributed by atoms with E-state index in [4.69, 9.17) is 5.11 Å². The van der Waals surface area contributed by atoms with Crippen LogP contribution < -0.4 is 4.72 Å². The Balaban J connectivity index is 2.57. The number of benzene rings is 1. The highest BCUT2D eigenvalue weighted by atomic mass is 32.2. The lowest BCUT2D eigenvalue weighted by Gasteiger charge is -2.11. The molecular weight excluding hydrogens is 270 g/mol. The monoisotopic (exact) mass is 285 g/mol. The second-order valence-corrected chi connectivity index (χ2v) is 7.10. The van der Waals surface area contributed by atoms with E-state index in [1.807, 2.05) is 18.2 Å². The smallest absolute Gasteiger partial charge is 0.242 e. The molecule has 4 nitrogen and oxygen atoms in total. The molecule has 0 radical (unpaired) electrons. The standard InChI is InChI=1S/C12H15NO3S2/c1-8(7-14)13-18(15,16)12-9(2)17-11-6-4-3-5-10(11)12/h3-6,8,13-14H,7H2,1-2H3/t8-/m1/s1. The minimum atomic E-state index is -3.59. The van der Waals surface area contributed by atoms with E-state index in [9.17, 15) is 8.42 Å². The maximum Gasteiger partial charge on any atom is 0.242 e. The minimum Gasteiger partial charge on any atom is -0.395 e. The van der Waals surface area contributed by atoms with Gasteiger partial charge in [0.1, 0.15) is 4.90 Å². The molecule has 0 aliphatic rings. The molecule has 1 aromatic carbocycles. The van der Waals surface area contributed by atoms with Crippen LogP contribution in [0.2, 0.25) is 0 Å². The van der Waals surface area contributed by atoms with Gasteiger partial charge in [0.15, 0.2) is 0 Å². The Kier molecular flexibility index (Phi) is 3.72. The molecule has 0 aliphatic carbocycles. The Labute approximate surface area is 110 Å². The van der Waals surface area contributed by atoms with Gasteiger partial charge >= 0.3 is 0 Å². The molecule has 0 spiro atoms. The molecule has 1 heterocycles. The van der Waals surface area contributed by atoms with Gasteiger partial charge in [-0.3, -0.25) is 0 Å². The van der Waals surface area contributed by atoms with Crippen molar-refractivity contribution in [1.82, 2.24) is 4.72 Å². The Morgan fingerprint density at radius 2 is 2.06 bits per heavy atom. The molecule has 0 fully saturated rings. The molecule has 0 saturated heterocycles. The summed E-state index contributed by atoms with van der Waals surface area (Å²) in [7, 11) is -3.59. The molecule has 2 rings (SSSR count). The van der Waals surface area contributed by atoms with E-state index in [1.54, 1.807) is 19.9 Å². The highest BCUT2D eigenvalue weighted by molar-refractivity contribution is 7.90. The van der Waals surface area contributed by atoms with Crippen LogP contribution in [0.4, 0.5) is 0 Å². The van der Waals surface area contributed by atoms with Crippen molar-refractivity contribution in [3.63, 3.8) is 0 Å². The number of aliphatic hydroxyl groups excluding tert-OH is 1. The molecular formula is C12H15NO3S2. The van der Waals surface area contributed by atoms with Crippen molar-refractivity contribution in [3.8, 4) is 0 Å². The number of aliphatic hydroxyl groups is 1. The number of hydrogen-bond acceptors (Lipinski definition) is 4. The fraction of sp³-hybridized carbons (Fsp3) is 0.333. The van der Waals surface area contributed by atoms with Crippen molar-refractivity contribution >= 4 is 31.4 Å². The first-order chi connectivity index (χ1) is 8.45. The van der Waals surface area contributed by atoms with Crippen LogP contribution in [0.25, 0.3) is 10.1 Å². The summed E-state index contributed by atoms with van der Waals surface area (Å²) < 4.78 is 28.0. The molecule has 0 bridgehead atoms. The quantitative estimate of drug-likeness (QED) is 0.901. The van der Waals surface area contributed by atoms with E-state index in [1.165, 1.54) is 11.3 Å². The van der Waals surface area contributed by atoms with Crippen LogP contribution in [-0.2, 0) is 10.0 Å². The highest BCUT2D eigenvalue weighted by Crippen LogP contribution is 2.33. The SMILES string of the molecule is Cc1sc2ccccc2c1S(=O)(=O)N[C@H](C)CO. The van der Waals surface area contributed by atoms with Gasteiger partial charge in [0.05, 0.1) is 6.61 Å². The molecule has 98 valence electrons. The van der Waals surface area contributed by atoms with Crippen molar-refractivity contribution in [2.75, 3.05) is 6.61 Å². The summed E-state index contributed by atoms with van der Waals surface area (Å²) in [6.45, 7) is 3.20. The third-order valence-electron chi connectivity index (χ3n) is 2.61. The maximum absolute atomic E-state index is 12.3. The summed E-state index contributed by atoms with van der Waals surface area (Å²) in [6, 6.07) is 6.92. The van der Waals surface area contributed by atoms with Gasteiger partial charge in [-0.1, -0.05) is 18.2 Å². The average molecular weight is 285 g/mol. The maximum atomic E-state index is 12.3. The Hall–Kier alpha value is -0.950. The van der Waals surface area contributed by atoms with Gasteiger partial charge in [0.2, 0.25) is 10.0 Å². The molecule has 1 atom stereocenters.